The summed E-state index contributed by atoms with van der Waals surface area (Å²) in [5.74, 6) is 0.0520. The van der Waals surface area contributed by atoms with Gasteiger partial charge in [0.25, 0.3) is 0 Å². The maximum absolute atomic E-state index is 11.7. The van der Waals surface area contributed by atoms with Crippen LogP contribution in [0.3, 0.4) is 0 Å². The molecule has 6 nitrogen and oxygen atoms in total. The molecule has 148 valence electrons. The lowest BCUT2D eigenvalue weighted by Gasteiger charge is -2.05. The van der Waals surface area contributed by atoms with E-state index >= 15 is 0 Å². The van der Waals surface area contributed by atoms with E-state index in [2.05, 4.69) is 34.7 Å². The van der Waals surface area contributed by atoms with Gasteiger partial charge >= 0.3 is 0 Å². The summed E-state index contributed by atoms with van der Waals surface area (Å²) < 4.78 is 0. The summed E-state index contributed by atoms with van der Waals surface area (Å²) in [6.45, 7) is 4.12. The zero-order valence-electron chi connectivity index (χ0n) is 16.6. The molecule has 2 N–H and O–H groups in total. The smallest absolute Gasteiger partial charge is 0.224 e. The normalized spacial score (nSPS) is 10.8. The fourth-order valence-corrected chi connectivity index (χ4v) is 2.46. The molecule has 6 heteroatoms. The van der Waals surface area contributed by atoms with Gasteiger partial charge < -0.3 is 10.6 Å². The summed E-state index contributed by atoms with van der Waals surface area (Å²) >= 11 is 0. The van der Waals surface area contributed by atoms with E-state index in [-0.39, 0.29) is 11.8 Å². The van der Waals surface area contributed by atoms with Crippen molar-refractivity contribution in [2.75, 3.05) is 10.6 Å². The van der Waals surface area contributed by atoms with E-state index in [4.69, 9.17) is 0 Å². The number of carbonyl (C=O) groups excluding carboxylic acids is 2. The second-order valence-corrected chi connectivity index (χ2v) is 6.60. The Labute approximate surface area is 166 Å². The third-order valence-corrected chi connectivity index (χ3v) is 4.10. The Kier molecular flexibility index (Phi) is 8.85. The SMILES string of the molecule is CCCCC(=O)Nc1ccc(N=Nc2ccc(NC(=O)CCCC)cc2)cc1. The molecule has 0 unspecified atom stereocenters. The molecular weight excluding hydrogens is 352 g/mol. The van der Waals surface area contributed by atoms with Crippen molar-refractivity contribution >= 4 is 34.6 Å². The Hall–Kier alpha value is -3.02. The predicted molar refractivity (Wildman–Crippen MR) is 113 cm³/mol. The van der Waals surface area contributed by atoms with Crippen LogP contribution in [0.15, 0.2) is 58.8 Å². The van der Waals surface area contributed by atoms with E-state index in [1.54, 1.807) is 24.3 Å². The molecule has 2 rings (SSSR count). The first kappa shape index (κ1) is 21.3. The molecule has 0 saturated heterocycles. The Morgan fingerprint density at radius 1 is 0.679 bits per heavy atom. The van der Waals surface area contributed by atoms with Crippen LogP contribution in [0.1, 0.15) is 52.4 Å². The maximum Gasteiger partial charge on any atom is 0.224 e. The Morgan fingerprint density at radius 3 is 1.36 bits per heavy atom. The number of nitrogens with one attached hydrogen (secondary N) is 2. The summed E-state index contributed by atoms with van der Waals surface area (Å²) in [5.41, 5.74) is 2.90. The second-order valence-electron chi connectivity index (χ2n) is 6.60. The quantitative estimate of drug-likeness (QED) is 0.470. The highest BCUT2D eigenvalue weighted by Crippen LogP contribution is 2.22. The average Bonchev–Trinajstić information content (AvgIpc) is 2.71. The molecule has 28 heavy (non-hydrogen) atoms. The van der Waals surface area contributed by atoms with Gasteiger partial charge in [-0.2, -0.15) is 10.2 Å². The van der Waals surface area contributed by atoms with Crippen LogP contribution in [0.2, 0.25) is 0 Å². The van der Waals surface area contributed by atoms with E-state index in [1.165, 1.54) is 0 Å². The van der Waals surface area contributed by atoms with Gasteiger partial charge in [0.05, 0.1) is 11.4 Å². The lowest BCUT2D eigenvalue weighted by atomic mass is 10.2. The van der Waals surface area contributed by atoms with E-state index in [0.29, 0.717) is 24.2 Å². The molecular formula is C22H28N4O2. The fourth-order valence-electron chi connectivity index (χ4n) is 2.46. The Balaban J connectivity index is 1.87. The van der Waals surface area contributed by atoms with Gasteiger partial charge in [0, 0.05) is 24.2 Å². The molecule has 0 aliphatic rings. The molecule has 0 heterocycles. The van der Waals surface area contributed by atoms with Crippen molar-refractivity contribution in [2.45, 2.75) is 52.4 Å². The van der Waals surface area contributed by atoms with Crippen molar-refractivity contribution in [2.24, 2.45) is 10.2 Å². The van der Waals surface area contributed by atoms with Gasteiger partial charge in [0.2, 0.25) is 11.8 Å². The number of nitrogens with zero attached hydrogens (tertiary/aromatic N) is 2. The molecule has 0 saturated carbocycles. The van der Waals surface area contributed by atoms with Gasteiger partial charge in [-0.25, -0.2) is 0 Å². The first-order valence-corrected chi connectivity index (χ1v) is 9.82. The van der Waals surface area contributed by atoms with E-state index in [0.717, 1.165) is 37.1 Å². The van der Waals surface area contributed by atoms with Crippen molar-refractivity contribution in [3.63, 3.8) is 0 Å². The van der Waals surface area contributed by atoms with Crippen molar-refractivity contribution in [1.29, 1.82) is 0 Å². The van der Waals surface area contributed by atoms with Crippen LogP contribution in [-0.4, -0.2) is 11.8 Å². The molecule has 0 fully saturated rings. The Morgan fingerprint density at radius 2 is 1.04 bits per heavy atom. The molecule has 0 aliphatic heterocycles. The minimum Gasteiger partial charge on any atom is -0.326 e. The number of amides is 2. The highest BCUT2D eigenvalue weighted by Gasteiger charge is 2.02. The summed E-state index contributed by atoms with van der Waals surface area (Å²) in [7, 11) is 0. The number of benzene rings is 2. The van der Waals surface area contributed by atoms with Crippen LogP contribution >= 0.6 is 0 Å². The van der Waals surface area contributed by atoms with Crippen molar-refractivity contribution in [3.05, 3.63) is 48.5 Å². The third-order valence-electron chi connectivity index (χ3n) is 4.10. The van der Waals surface area contributed by atoms with Crippen LogP contribution < -0.4 is 10.6 Å². The monoisotopic (exact) mass is 380 g/mol. The van der Waals surface area contributed by atoms with Crippen LogP contribution in [-0.2, 0) is 9.59 Å². The second kappa shape index (κ2) is 11.6. The standard InChI is InChI=1S/C22H28N4O2/c1-3-5-7-21(27)23-17-9-13-19(14-10-17)25-26-20-15-11-18(12-16-20)24-22(28)8-6-4-2/h9-16H,3-8H2,1-2H3,(H,23,27)(H,24,28). The molecule has 0 aromatic heterocycles. The van der Waals surface area contributed by atoms with Gasteiger partial charge in [-0.3, -0.25) is 9.59 Å². The number of hydrogen-bond acceptors (Lipinski definition) is 4. The summed E-state index contributed by atoms with van der Waals surface area (Å²) in [5, 5.41) is 14.1. The average molecular weight is 380 g/mol. The Bertz CT molecular complexity index is 716. The minimum atomic E-state index is 0.0260. The topological polar surface area (TPSA) is 82.9 Å². The highest BCUT2D eigenvalue weighted by atomic mass is 16.2. The number of unbranched alkanes of at least 4 members (excludes halogenated alkanes) is 2. The van der Waals surface area contributed by atoms with Gasteiger partial charge in [0.15, 0.2) is 0 Å². The molecule has 0 aliphatic carbocycles. The lowest BCUT2D eigenvalue weighted by Crippen LogP contribution is -2.10. The zero-order chi connectivity index (χ0) is 20.2. The first-order valence-electron chi connectivity index (χ1n) is 9.82. The van der Waals surface area contributed by atoms with Crippen molar-refractivity contribution in [1.82, 2.24) is 0 Å². The van der Waals surface area contributed by atoms with Gasteiger partial charge in [-0.1, -0.05) is 26.7 Å². The summed E-state index contributed by atoms with van der Waals surface area (Å²) in [6.07, 6.45) is 4.84. The molecule has 0 radical (unpaired) electrons. The van der Waals surface area contributed by atoms with Crippen LogP contribution in [0, 0.1) is 0 Å². The highest BCUT2D eigenvalue weighted by molar-refractivity contribution is 5.91. The molecule has 2 aromatic carbocycles. The first-order chi connectivity index (χ1) is 13.6. The number of hydrogen-bond donors (Lipinski definition) is 2. The van der Waals surface area contributed by atoms with Crippen LogP contribution in [0.25, 0.3) is 0 Å². The minimum absolute atomic E-state index is 0.0260. The lowest BCUT2D eigenvalue weighted by molar-refractivity contribution is -0.117. The number of azo groups is 1. The van der Waals surface area contributed by atoms with Crippen LogP contribution in [0.4, 0.5) is 22.7 Å². The fraction of sp³-hybridized carbons (Fsp3) is 0.364. The molecule has 2 aromatic rings. The van der Waals surface area contributed by atoms with Crippen LogP contribution in [0.5, 0.6) is 0 Å². The number of rotatable bonds is 10. The molecule has 0 spiro atoms. The van der Waals surface area contributed by atoms with Gasteiger partial charge in [-0.15, -0.1) is 0 Å². The molecule has 2 amide bonds. The molecule has 0 bridgehead atoms. The largest absolute Gasteiger partial charge is 0.326 e. The zero-order valence-corrected chi connectivity index (χ0v) is 16.6. The van der Waals surface area contributed by atoms with Gasteiger partial charge in [0.1, 0.15) is 0 Å². The third kappa shape index (κ3) is 7.70. The van der Waals surface area contributed by atoms with Crippen molar-refractivity contribution < 1.29 is 9.59 Å². The number of anilines is 2. The van der Waals surface area contributed by atoms with E-state index < -0.39 is 0 Å². The van der Waals surface area contributed by atoms with E-state index in [9.17, 15) is 9.59 Å². The molecule has 0 atom stereocenters. The summed E-state index contributed by atoms with van der Waals surface area (Å²) in [4.78, 5) is 23.5. The summed E-state index contributed by atoms with van der Waals surface area (Å²) in [6, 6.07) is 14.5. The number of carbonyl (C=O) groups is 2. The maximum atomic E-state index is 11.7. The van der Waals surface area contributed by atoms with Crippen molar-refractivity contribution in [3.8, 4) is 0 Å². The van der Waals surface area contributed by atoms with Gasteiger partial charge in [-0.05, 0) is 61.4 Å². The predicted octanol–water partition coefficient (Wildman–Crippen LogP) is 6.36. The van der Waals surface area contributed by atoms with E-state index in [1.807, 2.05) is 24.3 Å².